The molecule has 1 heterocycles. The van der Waals surface area contributed by atoms with E-state index < -0.39 is 0 Å². The second kappa shape index (κ2) is 5.54. The van der Waals surface area contributed by atoms with Crippen LogP contribution in [-0.4, -0.2) is 22.1 Å². The van der Waals surface area contributed by atoms with Crippen molar-refractivity contribution < 1.29 is 0 Å². The maximum absolute atomic E-state index is 11.3. The standard InChI is InChI=1S/C10H17N3O/c1-3-5-12-9(2)7-13-8-11-6-4-10(13)14/h4,6,8-9,12H,3,5,7H2,1-2H3. The predicted molar refractivity (Wildman–Crippen MR) is 56.3 cm³/mol. The highest BCUT2D eigenvalue weighted by Crippen LogP contribution is 1.87. The summed E-state index contributed by atoms with van der Waals surface area (Å²) >= 11 is 0. The molecule has 1 unspecified atom stereocenters. The Morgan fingerprint density at radius 1 is 1.64 bits per heavy atom. The summed E-state index contributed by atoms with van der Waals surface area (Å²) in [6.45, 7) is 5.84. The Labute approximate surface area is 84.0 Å². The summed E-state index contributed by atoms with van der Waals surface area (Å²) in [5.41, 5.74) is 0.00477. The first kappa shape index (κ1) is 10.9. The molecule has 0 aromatic carbocycles. The molecule has 0 aliphatic heterocycles. The smallest absolute Gasteiger partial charge is 0.253 e. The molecule has 0 spiro atoms. The maximum atomic E-state index is 11.3. The van der Waals surface area contributed by atoms with Crippen molar-refractivity contribution in [2.24, 2.45) is 0 Å². The van der Waals surface area contributed by atoms with Crippen LogP contribution in [-0.2, 0) is 6.54 Å². The Kier molecular flexibility index (Phi) is 4.32. The molecule has 1 rings (SSSR count). The van der Waals surface area contributed by atoms with Gasteiger partial charge in [-0.1, -0.05) is 6.92 Å². The monoisotopic (exact) mass is 195 g/mol. The first-order valence-corrected chi connectivity index (χ1v) is 4.98. The SMILES string of the molecule is CCCNC(C)Cn1cnccc1=O. The third kappa shape index (κ3) is 3.30. The number of aromatic nitrogens is 2. The Morgan fingerprint density at radius 3 is 3.07 bits per heavy atom. The van der Waals surface area contributed by atoms with Crippen molar-refractivity contribution >= 4 is 0 Å². The molecular formula is C10H17N3O. The first-order chi connectivity index (χ1) is 6.74. The quantitative estimate of drug-likeness (QED) is 0.749. The van der Waals surface area contributed by atoms with Crippen LogP contribution in [0.3, 0.4) is 0 Å². The number of hydrogen-bond acceptors (Lipinski definition) is 3. The van der Waals surface area contributed by atoms with E-state index in [1.165, 1.54) is 12.3 Å². The lowest BCUT2D eigenvalue weighted by atomic mass is 10.3. The highest BCUT2D eigenvalue weighted by molar-refractivity contribution is 4.82. The van der Waals surface area contributed by atoms with Crippen molar-refractivity contribution in [2.75, 3.05) is 6.54 Å². The van der Waals surface area contributed by atoms with Gasteiger partial charge in [-0.05, 0) is 19.9 Å². The van der Waals surface area contributed by atoms with Crippen LogP contribution in [0.25, 0.3) is 0 Å². The minimum Gasteiger partial charge on any atom is -0.312 e. The average Bonchev–Trinajstić information content (AvgIpc) is 2.18. The molecule has 0 saturated heterocycles. The van der Waals surface area contributed by atoms with Crippen molar-refractivity contribution in [3.8, 4) is 0 Å². The molecule has 0 saturated carbocycles. The summed E-state index contributed by atoms with van der Waals surface area (Å²) in [5.74, 6) is 0. The highest BCUT2D eigenvalue weighted by atomic mass is 16.1. The van der Waals surface area contributed by atoms with Crippen molar-refractivity contribution in [2.45, 2.75) is 32.9 Å². The van der Waals surface area contributed by atoms with Crippen LogP contribution in [0.4, 0.5) is 0 Å². The zero-order valence-electron chi connectivity index (χ0n) is 8.73. The Morgan fingerprint density at radius 2 is 2.43 bits per heavy atom. The molecule has 0 aliphatic rings. The van der Waals surface area contributed by atoms with Crippen LogP contribution in [0.5, 0.6) is 0 Å². The van der Waals surface area contributed by atoms with Gasteiger partial charge in [0.1, 0.15) is 0 Å². The van der Waals surface area contributed by atoms with Gasteiger partial charge in [0, 0.05) is 24.8 Å². The molecule has 1 aromatic rings. The largest absolute Gasteiger partial charge is 0.312 e. The van der Waals surface area contributed by atoms with E-state index in [0.717, 1.165) is 13.0 Å². The number of nitrogens with one attached hydrogen (secondary N) is 1. The lowest BCUT2D eigenvalue weighted by Crippen LogP contribution is -2.34. The third-order valence-electron chi connectivity index (χ3n) is 2.01. The number of nitrogens with zero attached hydrogens (tertiary/aromatic N) is 2. The minimum atomic E-state index is 0.00477. The zero-order valence-corrected chi connectivity index (χ0v) is 8.73. The molecule has 14 heavy (non-hydrogen) atoms. The average molecular weight is 195 g/mol. The molecular weight excluding hydrogens is 178 g/mol. The summed E-state index contributed by atoms with van der Waals surface area (Å²) in [4.78, 5) is 15.2. The van der Waals surface area contributed by atoms with E-state index in [9.17, 15) is 4.79 Å². The second-order valence-electron chi connectivity index (χ2n) is 3.43. The van der Waals surface area contributed by atoms with Crippen LogP contribution in [0.1, 0.15) is 20.3 Å². The Bertz CT molecular complexity index is 321. The van der Waals surface area contributed by atoms with E-state index >= 15 is 0 Å². The summed E-state index contributed by atoms with van der Waals surface area (Å²) in [6, 6.07) is 1.78. The van der Waals surface area contributed by atoms with E-state index in [1.807, 2.05) is 0 Å². The van der Waals surface area contributed by atoms with Crippen molar-refractivity contribution in [3.05, 3.63) is 28.9 Å². The van der Waals surface area contributed by atoms with Gasteiger partial charge in [-0.2, -0.15) is 0 Å². The van der Waals surface area contributed by atoms with E-state index in [1.54, 1.807) is 10.9 Å². The van der Waals surface area contributed by atoms with Gasteiger partial charge in [-0.25, -0.2) is 4.98 Å². The lowest BCUT2D eigenvalue weighted by Gasteiger charge is -2.13. The van der Waals surface area contributed by atoms with E-state index in [0.29, 0.717) is 12.6 Å². The van der Waals surface area contributed by atoms with Gasteiger partial charge in [0.15, 0.2) is 0 Å². The maximum Gasteiger partial charge on any atom is 0.253 e. The summed E-state index contributed by atoms with van der Waals surface area (Å²) in [5, 5.41) is 3.32. The Hall–Kier alpha value is -1.16. The van der Waals surface area contributed by atoms with Crippen LogP contribution in [0.15, 0.2) is 23.4 Å². The highest BCUT2D eigenvalue weighted by Gasteiger charge is 2.02. The molecule has 1 N–H and O–H groups in total. The van der Waals surface area contributed by atoms with Crippen LogP contribution >= 0.6 is 0 Å². The van der Waals surface area contributed by atoms with Gasteiger partial charge >= 0.3 is 0 Å². The molecule has 4 heteroatoms. The molecule has 4 nitrogen and oxygen atoms in total. The number of hydrogen-bond donors (Lipinski definition) is 1. The molecule has 1 aromatic heterocycles. The lowest BCUT2D eigenvalue weighted by molar-refractivity contribution is 0.466. The fourth-order valence-electron chi connectivity index (χ4n) is 1.27. The predicted octanol–water partition coefficient (Wildman–Crippen LogP) is 0.631. The fourth-order valence-corrected chi connectivity index (χ4v) is 1.27. The molecule has 0 bridgehead atoms. The number of rotatable bonds is 5. The first-order valence-electron chi connectivity index (χ1n) is 4.98. The fraction of sp³-hybridized carbons (Fsp3) is 0.600. The summed E-state index contributed by atoms with van der Waals surface area (Å²) in [6.07, 6.45) is 4.20. The third-order valence-corrected chi connectivity index (χ3v) is 2.01. The topological polar surface area (TPSA) is 46.9 Å². The molecule has 0 fully saturated rings. The van der Waals surface area contributed by atoms with Gasteiger partial charge in [0.2, 0.25) is 0 Å². The van der Waals surface area contributed by atoms with Crippen LogP contribution < -0.4 is 10.9 Å². The van der Waals surface area contributed by atoms with E-state index in [4.69, 9.17) is 0 Å². The van der Waals surface area contributed by atoms with Gasteiger partial charge < -0.3 is 5.32 Å². The Balaban J connectivity index is 2.52. The molecule has 0 amide bonds. The second-order valence-corrected chi connectivity index (χ2v) is 3.43. The van der Waals surface area contributed by atoms with Crippen molar-refractivity contribution in [1.29, 1.82) is 0 Å². The van der Waals surface area contributed by atoms with Crippen LogP contribution in [0, 0.1) is 0 Å². The van der Waals surface area contributed by atoms with Gasteiger partial charge in [0.05, 0.1) is 6.33 Å². The molecule has 1 atom stereocenters. The molecule has 78 valence electrons. The van der Waals surface area contributed by atoms with Gasteiger partial charge in [-0.15, -0.1) is 0 Å². The minimum absolute atomic E-state index is 0.00477. The van der Waals surface area contributed by atoms with E-state index in [2.05, 4.69) is 24.1 Å². The molecule has 0 radical (unpaired) electrons. The van der Waals surface area contributed by atoms with Crippen LogP contribution in [0.2, 0.25) is 0 Å². The summed E-state index contributed by atoms with van der Waals surface area (Å²) < 4.78 is 1.62. The molecule has 0 aliphatic carbocycles. The van der Waals surface area contributed by atoms with Gasteiger partial charge in [0.25, 0.3) is 5.56 Å². The van der Waals surface area contributed by atoms with Crippen molar-refractivity contribution in [1.82, 2.24) is 14.9 Å². The summed E-state index contributed by atoms with van der Waals surface area (Å²) in [7, 11) is 0. The van der Waals surface area contributed by atoms with Crippen molar-refractivity contribution in [3.63, 3.8) is 0 Å². The van der Waals surface area contributed by atoms with E-state index in [-0.39, 0.29) is 5.56 Å². The van der Waals surface area contributed by atoms with Gasteiger partial charge in [-0.3, -0.25) is 9.36 Å². The normalized spacial score (nSPS) is 12.7. The zero-order chi connectivity index (χ0) is 10.4.